The molecule has 0 atom stereocenters. The van der Waals surface area contributed by atoms with Crippen LogP contribution in [0.4, 0.5) is 5.82 Å². The quantitative estimate of drug-likeness (QED) is 0.586. The Bertz CT molecular complexity index is 442. The van der Waals surface area contributed by atoms with Crippen LogP contribution in [-0.2, 0) is 11.3 Å². The number of nitrogen functional groups attached to an aromatic ring is 1. The summed E-state index contributed by atoms with van der Waals surface area (Å²) < 4.78 is 4.96. The number of hydrogen-bond donors (Lipinski definition) is 2. The van der Waals surface area contributed by atoms with Gasteiger partial charge >= 0.3 is 0 Å². The fraction of sp³-hybridized carbons (Fsp3) is 0.250. The highest BCUT2D eigenvalue weighted by Gasteiger charge is 2.07. The standard InChI is InChI=1S/C8H10N4OS/c1-13-4-6-10-7(12-9)5-2-3-14-8(5)11-6/h2-3H,4,9H2,1H3,(H,10,11,12). The number of nitrogens with one attached hydrogen (secondary N) is 1. The lowest BCUT2D eigenvalue weighted by atomic mass is 10.4. The first kappa shape index (κ1) is 9.32. The highest BCUT2D eigenvalue weighted by Crippen LogP contribution is 2.24. The number of nitrogens with two attached hydrogens (primary N) is 1. The molecule has 74 valence electrons. The minimum Gasteiger partial charge on any atom is -0.377 e. The van der Waals surface area contributed by atoms with Gasteiger partial charge in [-0.25, -0.2) is 15.8 Å². The monoisotopic (exact) mass is 210 g/mol. The van der Waals surface area contributed by atoms with Gasteiger partial charge in [-0.3, -0.25) is 0 Å². The van der Waals surface area contributed by atoms with Gasteiger partial charge in [-0.15, -0.1) is 11.3 Å². The second kappa shape index (κ2) is 3.87. The Kier molecular flexibility index (Phi) is 2.58. The SMILES string of the molecule is COCc1nc(NN)c2ccsc2n1. The van der Waals surface area contributed by atoms with Gasteiger partial charge in [-0.1, -0.05) is 0 Å². The smallest absolute Gasteiger partial charge is 0.158 e. The average Bonchev–Trinajstić information content (AvgIpc) is 2.65. The van der Waals surface area contributed by atoms with Crippen molar-refractivity contribution in [1.29, 1.82) is 0 Å². The van der Waals surface area contributed by atoms with Crippen molar-refractivity contribution >= 4 is 27.4 Å². The third-order valence-corrected chi connectivity index (χ3v) is 2.59. The van der Waals surface area contributed by atoms with Crippen LogP contribution < -0.4 is 11.3 Å². The third kappa shape index (κ3) is 1.54. The number of fused-ring (bicyclic) bond motifs is 1. The van der Waals surface area contributed by atoms with Gasteiger partial charge in [-0.2, -0.15) is 0 Å². The predicted molar refractivity (Wildman–Crippen MR) is 55.9 cm³/mol. The molecule has 0 unspecified atom stereocenters. The van der Waals surface area contributed by atoms with E-state index in [9.17, 15) is 0 Å². The van der Waals surface area contributed by atoms with Crippen molar-refractivity contribution in [2.45, 2.75) is 6.61 Å². The maximum atomic E-state index is 5.36. The summed E-state index contributed by atoms with van der Waals surface area (Å²) in [6.45, 7) is 0.391. The second-order valence-electron chi connectivity index (χ2n) is 2.71. The molecule has 5 nitrogen and oxygen atoms in total. The summed E-state index contributed by atoms with van der Waals surface area (Å²) in [4.78, 5) is 9.45. The van der Waals surface area contributed by atoms with E-state index in [2.05, 4.69) is 15.4 Å². The normalized spacial score (nSPS) is 10.7. The molecule has 2 aromatic heterocycles. The fourth-order valence-corrected chi connectivity index (χ4v) is 1.99. The molecule has 2 rings (SSSR count). The lowest BCUT2D eigenvalue weighted by molar-refractivity contribution is 0.178. The molecule has 14 heavy (non-hydrogen) atoms. The van der Waals surface area contributed by atoms with Crippen LogP contribution in [0.25, 0.3) is 10.2 Å². The molecule has 0 aromatic carbocycles. The molecule has 0 aliphatic heterocycles. The van der Waals surface area contributed by atoms with Gasteiger partial charge in [0, 0.05) is 7.11 Å². The summed E-state index contributed by atoms with van der Waals surface area (Å²) in [6.07, 6.45) is 0. The summed E-state index contributed by atoms with van der Waals surface area (Å²) in [5, 5.41) is 2.90. The Morgan fingerprint density at radius 2 is 2.43 bits per heavy atom. The van der Waals surface area contributed by atoms with Crippen LogP contribution in [-0.4, -0.2) is 17.1 Å². The van der Waals surface area contributed by atoms with Crippen molar-refractivity contribution in [1.82, 2.24) is 9.97 Å². The Hall–Kier alpha value is -1.24. The molecule has 2 aromatic rings. The molecule has 0 spiro atoms. The molecule has 0 amide bonds. The van der Waals surface area contributed by atoms with Crippen molar-refractivity contribution in [2.24, 2.45) is 5.84 Å². The van der Waals surface area contributed by atoms with E-state index in [0.29, 0.717) is 18.2 Å². The third-order valence-electron chi connectivity index (χ3n) is 1.78. The Morgan fingerprint density at radius 3 is 3.14 bits per heavy atom. The number of hydrogen-bond acceptors (Lipinski definition) is 6. The molecule has 0 aliphatic rings. The van der Waals surface area contributed by atoms with E-state index >= 15 is 0 Å². The zero-order valence-electron chi connectivity index (χ0n) is 7.65. The molecular formula is C8H10N4OS. The van der Waals surface area contributed by atoms with E-state index in [1.54, 1.807) is 18.4 Å². The Balaban J connectivity index is 2.55. The number of rotatable bonds is 3. The molecule has 0 saturated carbocycles. The van der Waals surface area contributed by atoms with Crippen molar-refractivity contribution in [3.63, 3.8) is 0 Å². The van der Waals surface area contributed by atoms with Crippen LogP contribution >= 0.6 is 11.3 Å². The first-order valence-corrected chi connectivity index (χ1v) is 4.93. The predicted octanol–water partition coefficient (Wildman–Crippen LogP) is 1.12. The molecule has 3 N–H and O–H groups in total. The summed E-state index contributed by atoms with van der Waals surface area (Å²) >= 11 is 1.55. The van der Waals surface area contributed by atoms with Crippen LogP contribution in [0.15, 0.2) is 11.4 Å². The number of anilines is 1. The molecule has 0 radical (unpaired) electrons. The number of thiophene rings is 1. The Labute approximate surface area is 84.9 Å². The second-order valence-corrected chi connectivity index (χ2v) is 3.60. The lowest BCUT2D eigenvalue weighted by Gasteiger charge is -2.03. The number of nitrogens with zero attached hydrogens (tertiary/aromatic N) is 2. The van der Waals surface area contributed by atoms with Crippen molar-refractivity contribution in [3.05, 3.63) is 17.3 Å². The molecule has 0 bridgehead atoms. The van der Waals surface area contributed by atoms with Crippen molar-refractivity contribution in [2.75, 3.05) is 12.5 Å². The van der Waals surface area contributed by atoms with Gasteiger partial charge in [0.2, 0.25) is 0 Å². The molecular weight excluding hydrogens is 200 g/mol. The number of methoxy groups -OCH3 is 1. The number of hydrazine groups is 1. The zero-order valence-corrected chi connectivity index (χ0v) is 8.47. The average molecular weight is 210 g/mol. The van der Waals surface area contributed by atoms with Gasteiger partial charge in [0.25, 0.3) is 0 Å². The molecule has 0 saturated heterocycles. The van der Waals surface area contributed by atoms with Gasteiger partial charge in [-0.05, 0) is 11.4 Å². The topological polar surface area (TPSA) is 73.1 Å². The van der Waals surface area contributed by atoms with Crippen LogP contribution in [0.3, 0.4) is 0 Å². The van der Waals surface area contributed by atoms with E-state index in [0.717, 1.165) is 10.2 Å². The molecule has 0 fully saturated rings. The van der Waals surface area contributed by atoms with E-state index in [-0.39, 0.29) is 0 Å². The molecule has 0 aliphatic carbocycles. The summed E-state index contributed by atoms with van der Waals surface area (Å²) in [5.74, 6) is 6.64. The molecule has 6 heteroatoms. The highest BCUT2D eigenvalue weighted by atomic mass is 32.1. The first-order valence-electron chi connectivity index (χ1n) is 4.05. The minimum atomic E-state index is 0.391. The fourth-order valence-electron chi connectivity index (χ4n) is 1.20. The summed E-state index contributed by atoms with van der Waals surface area (Å²) in [6, 6.07) is 1.94. The van der Waals surface area contributed by atoms with Gasteiger partial charge in [0.05, 0.1) is 5.39 Å². The van der Waals surface area contributed by atoms with Crippen LogP contribution in [0, 0.1) is 0 Å². The van der Waals surface area contributed by atoms with E-state index in [1.165, 1.54) is 0 Å². The van der Waals surface area contributed by atoms with Gasteiger partial charge in [0.1, 0.15) is 11.4 Å². The van der Waals surface area contributed by atoms with E-state index in [1.807, 2.05) is 11.4 Å². The maximum Gasteiger partial charge on any atom is 0.158 e. The lowest BCUT2D eigenvalue weighted by Crippen LogP contribution is -2.10. The maximum absolute atomic E-state index is 5.36. The van der Waals surface area contributed by atoms with Gasteiger partial charge < -0.3 is 10.2 Å². The Morgan fingerprint density at radius 1 is 1.57 bits per heavy atom. The van der Waals surface area contributed by atoms with Crippen LogP contribution in [0.5, 0.6) is 0 Å². The number of ether oxygens (including phenoxy) is 1. The summed E-state index contributed by atoms with van der Waals surface area (Å²) in [5.41, 5.74) is 2.55. The molecule has 2 heterocycles. The van der Waals surface area contributed by atoms with Crippen molar-refractivity contribution < 1.29 is 4.74 Å². The van der Waals surface area contributed by atoms with Crippen molar-refractivity contribution in [3.8, 4) is 0 Å². The van der Waals surface area contributed by atoms with Crippen LogP contribution in [0.1, 0.15) is 5.82 Å². The first-order chi connectivity index (χ1) is 6.85. The number of aromatic nitrogens is 2. The zero-order chi connectivity index (χ0) is 9.97. The highest BCUT2D eigenvalue weighted by molar-refractivity contribution is 7.16. The minimum absolute atomic E-state index is 0.391. The summed E-state index contributed by atoms with van der Waals surface area (Å²) in [7, 11) is 1.61. The van der Waals surface area contributed by atoms with E-state index < -0.39 is 0 Å². The van der Waals surface area contributed by atoms with Crippen LogP contribution in [0.2, 0.25) is 0 Å². The van der Waals surface area contributed by atoms with Gasteiger partial charge in [0.15, 0.2) is 11.6 Å². The largest absolute Gasteiger partial charge is 0.377 e. The van der Waals surface area contributed by atoms with E-state index in [4.69, 9.17) is 10.6 Å².